The van der Waals surface area contributed by atoms with Gasteiger partial charge in [-0.05, 0) is 49.7 Å². The number of carbonyl (C=O) groups excluding carboxylic acids is 1. The second-order valence-electron chi connectivity index (χ2n) is 6.30. The van der Waals surface area contributed by atoms with E-state index >= 15 is 0 Å². The number of para-hydroxylation sites is 1. The molecule has 0 unspecified atom stereocenters. The van der Waals surface area contributed by atoms with Crippen molar-refractivity contribution in [2.45, 2.75) is 20.5 Å². The molecule has 1 N–H and O–H groups in total. The van der Waals surface area contributed by atoms with Crippen LogP contribution in [0.15, 0.2) is 66.7 Å². The zero-order valence-electron chi connectivity index (χ0n) is 15.9. The highest BCUT2D eigenvalue weighted by molar-refractivity contribution is 6.33. The minimum Gasteiger partial charge on any atom is -0.490 e. The number of amides is 1. The molecule has 28 heavy (non-hydrogen) atoms. The van der Waals surface area contributed by atoms with Gasteiger partial charge in [-0.2, -0.15) is 0 Å². The summed E-state index contributed by atoms with van der Waals surface area (Å²) in [6, 6.07) is 20.4. The van der Waals surface area contributed by atoms with Crippen molar-refractivity contribution in [2.24, 2.45) is 0 Å². The summed E-state index contributed by atoms with van der Waals surface area (Å²) in [4.78, 5) is 12.6. The maximum atomic E-state index is 12.6. The van der Waals surface area contributed by atoms with Gasteiger partial charge in [0.25, 0.3) is 5.91 Å². The molecule has 0 heterocycles. The average Bonchev–Trinajstić information content (AvgIpc) is 2.70. The van der Waals surface area contributed by atoms with E-state index in [-0.39, 0.29) is 5.91 Å². The lowest BCUT2D eigenvalue weighted by atomic mass is 10.1. The van der Waals surface area contributed by atoms with Crippen molar-refractivity contribution in [3.05, 3.63) is 88.4 Å². The predicted octanol–water partition coefficient (Wildman–Crippen LogP) is 5.88. The third kappa shape index (κ3) is 5.05. The van der Waals surface area contributed by atoms with Gasteiger partial charge >= 0.3 is 0 Å². The zero-order valence-corrected chi connectivity index (χ0v) is 16.6. The number of rotatable bonds is 7. The molecule has 0 aliphatic rings. The zero-order chi connectivity index (χ0) is 19.9. The molecule has 0 saturated carbocycles. The Bertz CT molecular complexity index is 954. The van der Waals surface area contributed by atoms with E-state index in [1.54, 1.807) is 30.3 Å². The lowest BCUT2D eigenvalue weighted by Gasteiger charge is -2.14. The number of ether oxygens (including phenoxy) is 2. The fraction of sp³-hybridized carbons (Fsp3) is 0.174. The molecule has 0 radical (unpaired) electrons. The van der Waals surface area contributed by atoms with E-state index in [0.717, 1.165) is 5.56 Å². The van der Waals surface area contributed by atoms with E-state index in [0.29, 0.717) is 41.0 Å². The van der Waals surface area contributed by atoms with Crippen LogP contribution in [-0.2, 0) is 6.61 Å². The van der Waals surface area contributed by atoms with E-state index in [4.69, 9.17) is 21.1 Å². The second kappa shape index (κ2) is 9.29. The van der Waals surface area contributed by atoms with Gasteiger partial charge in [0.15, 0.2) is 11.5 Å². The molecule has 0 fully saturated rings. The summed E-state index contributed by atoms with van der Waals surface area (Å²) in [7, 11) is 0. The monoisotopic (exact) mass is 395 g/mol. The summed E-state index contributed by atoms with van der Waals surface area (Å²) in [6.07, 6.45) is 0. The molecule has 3 aromatic rings. The van der Waals surface area contributed by atoms with Gasteiger partial charge in [0.1, 0.15) is 6.61 Å². The number of carbonyl (C=O) groups is 1. The van der Waals surface area contributed by atoms with Crippen molar-refractivity contribution in [3.8, 4) is 11.5 Å². The van der Waals surface area contributed by atoms with Crippen molar-refractivity contribution < 1.29 is 14.3 Å². The van der Waals surface area contributed by atoms with Crippen molar-refractivity contribution in [1.29, 1.82) is 0 Å². The van der Waals surface area contributed by atoms with E-state index < -0.39 is 0 Å². The highest BCUT2D eigenvalue weighted by Crippen LogP contribution is 2.30. The minimum atomic E-state index is -0.265. The molecule has 3 aromatic carbocycles. The molecule has 4 nitrogen and oxygen atoms in total. The SMILES string of the molecule is CCOc1cc(C(=O)Nc2ccccc2Cl)ccc1OCc1ccc(C)cc1. The topological polar surface area (TPSA) is 47.6 Å². The molecule has 0 spiro atoms. The number of hydrogen-bond acceptors (Lipinski definition) is 3. The maximum Gasteiger partial charge on any atom is 0.255 e. The number of aryl methyl sites for hydroxylation is 1. The Balaban J connectivity index is 1.75. The van der Waals surface area contributed by atoms with Gasteiger partial charge in [0, 0.05) is 5.56 Å². The van der Waals surface area contributed by atoms with Crippen molar-refractivity contribution in [3.63, 3.8) is 0 Å². The number of hydrogen-bond donors (Lipinski definition) is 1. The first-order valence-electron chi connectivity index (χ1n) is 9.08. The molecule has 0 saturated heterocycles. The van der Waals surface area contributed by atoms with Gasteiger partial charge in [-0.1, -0.05) is 53.6 Å². The normalized spacial score (nSPS) is 10.4. The Morgan fingerprint density at radius 1 is 0.964 bits per heavy atom. The molecule has 0 aliphatic heterocycles. The lowest BCUT2D eigenvalue weighted by Crippen LogP contribution is -2.12. The van der Waals surface area contributed by atoms with E-state index in [1.807, 2.05) is 50.2 Å². The van der Waals surface area contributed by atoms with E-state index in [2.05, 4.69) is 5.32 Å². The summed E-state index contributed by atoms with van der Waals surface area (Å²) >= 11 is 6.11. The third-order valence-electron chi connectivity index (χ3n) is 4.14. The molecule has 0 atom stereocenters. The van der Waals surface area contributed by atoms with Crippen LogP contribution >= 0.6 is 11.6 Å². The fourth-order valence-electron chi connectivity index (χ4n) is 2.64. The Kier molecular flexibility index (Phi) is 6.56. The molecule has 1 amide bonds. The summed E-state index contributed by atoms with van der Waals surface area (Å²) in [5, 5.41) is 3.30. The molecule has 5 heteroatoms. The molecule has 0 aliphatic carbocycles. The summed E-state index contributed by atoms with van der Waals surface area (Å²) in [5.74, 6) is 0.859. The van der Waals surface area contributed by atoms with Crippen LogP contribution in [0.2, 0.25) is 5.02 Å². The average molecular weight is 396 g/mol. The minimum absolute atomic E-state index is 0.265. The summed E-state index contributed by atoms with van der Waals surface area (Å²) < 4.78 is 11.6. The van der Waals surface area contributed by atoms with Gasteiger partial charge in [0.05, 0.1) is 17.3 Å². The van der Waals surface area contributed by atoms with Crippen LogP contribution in [0.3, 0.4) is 0 Å². The maximum absolute atomic E-state index is 12.6. The Morgan fingerprint density at radius 3 is 2.43 bits per heavy atom. The van der Waals surface area contributed by atoms with Gasteiger partial charge in [0.2, 0.25) is 0 Å². The molecule has 0 bridgehead atoms. The third-order valence-corrected chi connectivity index (χ3v) is 4.47. The van der Waals surface area contributed by atoms with Crippen LogP contribution in [0.5, 0.6) is 11.5 Å². The lowest BCUT2D eigenvalue weighted by molar-refractivity contribution is 0.102. The van der Waals surface area contributed by atoms with Crippen LogP contribution in [0, 0.1) is 6.92 Å². The van der Waals surface area contributed by atoms with Crippen molar-refractivity contribution in [1.82, 2.24) is 0 Å². The van der Waals surface area contributed by atoms with Gasteiger partial charge in [-0.15, -0.1) is 0 Å². The quantitative estimate of drug-likeness (QED) is 0.543. The second-order valence-corrected chi connectivity index (χ2v) is 6.71. The number of benzene rings is 3. The largest absolute Gasteiger partial charge is 0.490 e. The van der Waals surface area contributed by atoms with Crippen molar-refractivity contribution in [2.75, 3.05) is 11.9 Å². The van der Waals surface area contributed by atoms with E-state index in [1.165, 1.54) is 5.56 Å². The first kappa shape index (κ1) is 19.8. The first-order valence-corrected chi connectivity index (χ1v) is 9.45. The number of halogens is 1. The smallest absolute Gasteiger partial charge is 0.255 e. The predicted molar refractivity (Wildman–Crippen MR) is 113 cm³/mol. The van der Waals surface area contributed by atoms with Crippen LogP contribution in [-0.4, -0.2) is 12.5 Å². The van der Waals surface area contributed by atoms with Crippen molar-refractivity contribution >= 4 is 23.2 Å². The molecular formula is C23H22ClNO3. The Hall–Kier alpha value is -2.98. The standard InChI is InChI=1S/C23H22ClNO3/c1-3-27-22-14-18(23(26)25-20-7-5-4-6-19(20)24)12-13-21(22)28-15-17-10-8-16(2)9-11-17/h4-14H,3,15H2,1-2H3,(H,25,26). The first-order chi connectivity index (χ1) is 13.6. The molecular weight excluding hydrogens is 374 g/mol. The number of anilines is 1. The van der Waals surface area contributed by atoms with Gasteiger partial charge in [-0.25, -0.2) is 0 Å². The Morgan fingerprint density at radius 2 is 1.71 bits per heavy atom. The highest BCUT2D eigenvalue weighted by atomic mass is 35.5. The molecule has 144 valence electrons. The molecule has 3 rings (SSSR count). The Labute approximate surface area is 170 Å². The summed E-state index contributed by atoms with van der Waals surface area (Å²) in [6.45, 7) is 4.83. The number of nitrogens with one attached hydrogen (secondary N) is 1. The van der Waals surface area contributed by atoms with Crippen LogP contribution in [0.25, 0.3) is 0 Å². The fourth-order valence-corrected chi connectivity index (χ4v) is 2.82. The van der Waals surface area contributed by atoms with Crippen LogP contribution in [0.4, 0.5) is 5.69 Å². The molecule has 0 aromatic heterocycles. The van der Waals surface area contributed by atoms with Crippen LogP contribution in [0.1, 0.15) is 28.4 Å². The van der Waals surface area contributed by atoms with E-state index in [9.17, 15) is 4.79 Å². The van der Waals surface area contributed by atoms with Gasteiger partial charge < -0.3 is 14.8 Å². The van der Waals surface area contributed by atoms with Gasteiger partial charge in [-0.3, -0.25) is 4.79 Å². The summed E-state index contributed by atoms with van der Waals surface area (Å²) in [5.41, 5.74) is 3.29. The highest BCUT2D eigenvalue weighted by Gasteiger charge is 2.13. The van der Waals surface area contributed by atoms with Crippen LogP contribution < -0.4 is 14.8 Å².